The maximum atomic E-state index is 13.0. The molecule has 1 aromatic heterocycles. The van der Waals surface area contributed by atoms with Crippen molar-refractivity contribution in [1.82, 2.24) is 14.8 Å². The molecular weight excluding hydrogens is 402 g/mol. The second-order valence-corrected chi connectivity index (χ2v) is 7.32. The first-order valence-corrected chi connectivity index (χ1v) is 9.21. The number of aryl methyl sites for hydroxylation is 1. The van der Waals surface area contributed by atoms with Crippen LogP contribution in [0.5, 0.6) is 0 Å². The average Bonchev–Trinajstić information content (AvgIpc) is 2.89. The highest BCUT2D eigenvalue weighted by Gasteiger charge is 2.26. The molecule has 0 saturated carbocycles. The highest BCUT2D eigenvalue weighted by molar-refractivity contribution is 9.10. The maximum Gasteiger partial charge on any atom is 0.255 e. The van der Waals surface area contributed by atoms with Gasteiger partial charge in [-0.3, -0.25) is 4.79 Å². The Bertz CT molecular complexity index is 753. The Morgan fingerprint density at radius 2 is 1.88 bits per heavy atom. The largest absolute Gasteiger partial charge is 0.339 e. The molecule has 6 heteroatoms. The summed E-state index contributed by atoms with van der Waals surface area (Å²) in [7, 11) is 1.93. The standard InChI is InChI=1S/C19H24BrN3O.ClH/c1-13-12-16(19(24)22(3)15-8-10-21-11-9-15)14(2)23(13)18-7-5-4-6-17(18)20;/h4-7,12,15,21H,8-11H2,1-3H3;1H. The molecule has 2 aromatic rings. The number of carbonyl (C=O) groups is 1. The van der Waals surface area contributed by atoms with Gasteiger partial charge in [0.1, 0.15) is 0 Å². The van der Waals surface area contributed by atoms with E-state index < -0.39 is 0 Å². The van der Waals surface area contributed by atoms with E-state index in [1.165, 1.54) is 0 Å². The smallest absolute Gasteiger partial charge is 0.255 e. The quantitative estimate of drug-likeness (QED) is 0.802. The summed E-state index contributed by atoms with van der Waals surface area (Å²) >= 11 is 3.62. The van der Waals surface area contributed by atoms with Gasteiger partial charge in [-0.2, -0.15) is 0 Å². The first kappa shape index (κ1) is 20.0. The predicted octanol–water partition coefficient (Wildman–Crippen LogP) is 4.10. The highest BCUT2D eigenvalue weighted by atomic mass is 79.9. The van der Waals surface area contributed by atoms with Gasteiger partial charge in [-0.05, 0) is 73.9 Å². The number of hydrogen-bond donors (Lipinski definition) is 1. The molecule has 0 atom stereocenters. The van der Waals surface area contributed by atoms with Crippen LogP contribution >= 0.6 is 28.3 Å². The molecule has 0 bridgehead atoms. The van der Waals surface area contributed by atoms with Crippen LogP contribution < -0.4 is 5.32 Å². The van der Waals surface area contributed by atoms with E-state index in [2.05, 4.69) is 31.9 Å². The number of para-hydroxylation sites is 1. The fourth-order valence-corrected chi connectivity index (χ4v) is 3.99. The zero-order valence-corrected chi connectivity index (χ0v) is 17.3. The summed E-state index contributed by atoms with van der Waals surface area (Å²) in [6, 6.07) is 10.4. The lowest BCUT2D eigenvalue weighted by atomic mass is 10.0. The van der Waals surface area contributed by atoms with Crippen LogP contribution in [0.3, 0.4) is 0 Å². The van der Waals surface area contributed by atoms with E-state index in [1.807, 2.05) is 50.1 Å². The van der Waals surface area contributed by atoms with Crippen molar-refractivity contribution in [2.45, 2.75) is 32.7 Å². The predicted molar refractivity (Wildman–Crippen MR) is 108 cm³/mol. The lowest BCUT2D eigenvalue weighted by molar-refractivity contribution is 0.0702. The molecule has 136 valence electrons. The monoisotopic (exact) mass is 425 g/mol. The number of amides is 1. The van der Waals surface area contributed by atoms with Crippen molar-refractivity contribution in [2.75, 3.05) is 20.1 Å². The molecule has 0 radical (unpaired) electrons. The van der Waals surface area contributed by atoms with Crippen LogP contribution in [0.15, 0.2) is 34.8 Å². The van der Waals surface area contributed by atoms with Gasteiger partial charge in [0.25, 0.3) is 5.91 Å². The Balaban J connectivity index is 0.00000225. The molecule has 0 spiro atoms. The van der Waals surface area contributed by atoms with Gasteiger partial charge in [-0.15, -0.1) is 12.4 Å². The molecule has 1 saturated heterocycles. The second kappa shape index (κ2) is 8.39. The Hall–Kier alpha value is -1.30. The molecule has 4 nitrogen and oxygen atoms in total. The number of hydrogen-bond acceptors (Lipinski definition) is 2. The average molecular weight is 427 g/mol. The van der Waals surface area contributed by atoms with Crippen molar-refractivity contribution >= 4 is 34.2 Å². The van der Waals surface area contributed by atoms with Crippen molar-refractivity contribution in [3.63, 3.8) is 0 Å². The third-order valence-corrected chi connectivity index (χ3v) is 5.60. The number of piperidine rings is 1. The normalized spacial score (nSPS) is 14.9. The summed E-state index contributed by atoms with van der Waals surface area (Å²) < 4.78 is 3.17. The summed E-state index contributed by atoms with van der Waals surface area (Å²) in [6.07, 6.45) is 2.04. The van der Waals surface area contributed by atoms with Gasteiger partial charge in [0.2, 0.25) is 0 Å². The lowest BCUT2D eigenvalue weighted by Gasteiger charge is -2.31. The van der Waals surface area contributed by atoms with Crippen molar-refractivity contribution < 1.29 is 4.79 Å². The first-order valence-electron chi connectivity index (χ1n) is 8.42. The lowest BCUT2D eigenvalue weighted by Crippen LogP contribution is -2.44. The third-order valence-electron chi connectivity index (χ3n) is 4.93. The molecule has 1 aliphatic heterocycles. The summed E-state index contributed by atoms with van der Waals surface area (Å²) in [5.74, 6) is 0.119. The molecule has 1 N–H and O–H groups in total. The Morgan fingerprint density at radius 3 is 2.52 bits per heavy atom. The number of benzene rings is 1. The van der Waals surface area contributed by atoms with Gasteiger partial charge in [0, 0.05) is 29.0 Å². The number of nitrogens with one attached hydrogen (secondary N) is 1. The highest BCUT2D eigenvalue weighted by Crippen LogP contribution is 2.27. The Labute approximate surface area is 164 Å². The van der Waals surface area contributed by atoms with Crippen molar-refractivity contribution in [1.29, 1.82) is 0 Å². The maximum absolute atomic E-state index is 13.0. The number of nitrogens with zero attached hydrogens (tertiary/aromatic N) is 2. The number of rotatable bonds is 3. The van der Waals surface area contributed by atoms with E-state index in [0.29, 0.717) is 6.04 Å². The van der Waals surface area contributed by atoms with Gasteiger partial charge in [-0.1, -0.05) is 12.1 Å². The van der Waals surface area contributed by atoms with Gasteiger partial charge in [0.05, 0.1) is 11.3 Å². The Kier molecular flexibility index (Phi) is 6.72. The fraction of sp³-hybridized carbons (Fsp3) is 0.421. The van der Waals surface area contributed by atoms with Crippen LogP contribution in [0.2, 0.25) is 0 Å². The number of halogens is 2. The zero-order chi connectivity index (χ0) is 17.3. The van der Waals surface area contributed by atoms with E-state index in [9.17, 15) is 4.79 Å². The summed E-state index contributed by atoms with van der Waals surface area (Å²) in [5.41, 5.74) is 3.92. The first-order chi connectivity index (χ1) is 11.5. The minimum absolute atomic E-state index is 0. The van der Waals surface area contributed by atoms with Gasteiger partial charge in [0.15, 0.2) is 0 Å². The number of carbonyl (C=O) groups excluding carboxylic acids is 1. The second-order valence-electron chi connectivity index (χ2n) is 6.47. The van der Waals surface area contributed by atoms with Crippen molar-refractivity contribution in [3.05, 3.63) is 51.8 Å². The third kappa shape index (κ3) is 3.94. The zero-order valence-electron chi connectivity index (χ0n) is 14.9. The summed E-state index contributed by atoms with van der Waals surface area (Å²) in [5, 5.41) is 3.35. The van der Waals surface area contributed by atoms with Crippen molar-refractivity contribution in [2.24, 2.45) is 0 Å². The fourth-order valence-electron chi connectivity index (χ4n) is 3.53. The van der Waals surface area contributed by atoms with E-state index in [-0.39, 0.29) is 18.3 Å². The minimum Gasteiger partial charge on any atom is -0.339 e. The molecule has 1 amide bonds. The molecule has 3 rings (SSSR count). The van der Waals surface area contributed by atoms with Crippen LogP contribution in [0, 0.1) is 13.8 Å². The van der Waals surface area contributed by atoms with E-state index in [1.54, 1.807) is 0 Å². The van der Waals surface area contributed by atoms with Crippen molar-refractivity contribution in [3.8, 4) is 5.69 Å². The van der Waals surface area contributed by atoms with E-state index in [0.717, 1.165) is 53.0 Å². The molecule has 2 heterocycles. The molecular formula is C19H25BrClN3O. The van der Waals surface area contributed by atoms with E-state index >= 15 is 0 Å². The van der Waals surface area contributed by atoms with Gasteiger partial charge >= 0.3 is 0 Å². The van der Waals surface area contributed by atoms with E-state index in [4.69, 9.17) is 0 Å². The summed E-state index contributed by atoms with van der Waals surface area (Å²) in [6.45, 7) is 6.04. The molecule has 1 aromatic carbocycles. The molecule has 0 aliphatic carbocycles. The van der Waals surface area contributed by atoms with Crippen LogP contribution in [0.25, 0.3) is 5.69 Å². The molecule has 1 aliphatic rings. The number of aromatic nitrogens is 1. The van der Waals surface area contributed by atoms with Crippen LogP contribution in [-0.4, -0.2) is 41.6 Å². The molecule has 1 fully saturated rings. The topological polar surface area (TPSA) is 37.3 Å². The van der Waals surface area contributed by atoms with Crippen LogP contribution in [-0.2, 0) is 0 Å². The van der Waals surface area contributed by atoms with Crippen LogP contribution in [0.1, 0.15) is 34.6 Å². The SMILES string of the molecule is Cc1cc(C(=O)N(C)C2CCNCC2)c(C)n1-c1ccccc1Br.Cl. The van der Waals surface area contributed by atoms with Crippen LogP contribution in [0.4, 0.5) is 0 Å². The minimum atomic E-state index is 0. The summed E-state index contributed by atoms with van der Waals surface area (Å²) in [4.78, 5) is 15.0. The van der Waals surface area contributed by atoms with Gasteiger partial charge < -0.3 is 14.8 Å². The van der Waals surface area contributed by atoms with Gasteiger partial charge in [-0.25, -0.2) is 0 Å². The Morgan fingerprint density at radius 1 is 1.24 bits per heavy atom. The molecule has 25 heavy (non-hydrogen) atoms. The molecule has 0 unspecified atom stereocenters.